The Labute approximate surface area is 146 Å². The van der Waals surface area contributed by atoms with Gasteiger partial charge in [-0.15, -0.1) is 0 Å². The highest BCUT2D eigenvalue weighted by Gasteiger charge is 2.15. The third-order valence-corrected chi connectivity index (χ3v) is 3.89. The van der Waals surface area contributed by atoms with Crippen LogP contribution in [0.2, 0.25) is 0 Å². The Kier molecular flexibility index (Phi) is 5.28. The van der Waals surface area contributed by atoms with E-state index >= 15 is 0 Å². The molecule has 132 valence electrons. The summed E-state index contributed by atoms with van der Waals surface area (Å²) in [4.78, 5) is 12.1. The van der Waals surface area contributed by atoms with Gasteiger partial charge in [0.25, 0.3) is 5.91 Å². The fourth-order valence-corrected chi connectivity index (χ4v) is 2.48. The Hall–Kier alpha value is -2.89. The van der Waals surface area contributed by atoms with E-state index in [2.05, 4.69) is 5.32 Å². The smallest absolute Gasteiger partial charge is 0.260 e. The van der Waals surface area contributed by atoms with Crippen LogP contribution in [0, 0.1) is 0 Å². The number of fused-ring (bicyclic) bond motifs is 1. The van der Waals surface area contributed by atoms with Crippen molar-refractivity contribution in [2.45, 2.75) is 19.4 Å². The second-order valence-electron chi connectivity index (χ2n) is 5.66. The first-order valence-electron chi connectivity index (χ1n) is 8.12. The molecule has 1 unspecified atom stereocenters. The SMILES string of the molecule is COc1ccc(OC(C)C(=O)NCCc2ccc3c(c2)OCO3)cc1. The first-order chi connectivity index (χ1) is 12.2. The molecular formula is C19H21NO5. The topological polar surface area (TPSA) is 66.0 Å². The summed E-state index contributed by atoms with van der Waals surface area (Å²) in [6, 6.07) is 12.9. The van der Waals surface area contributed by atoms with E-state index in [4.69, 9.17) is 18.9 Å². The number of hydrogen-bond acceptors (Lipinski definition) is 5. The molecule has 1 aliphatic heterocycles. The van der Waals surface area contributed by atoms with Crippen LogP contribution >= 0.6 is 0 Å². The van der Waals surface area contributed by atoms with Crippen LogP contribution in [-0.2, 0) is 11.2 Å². The summed E-state index contributed by atoms with van der Waals surface area (Å²) in [6.45, 7) is 2.50. The highest BCUT2D eigenvalue weighted by atomic mass is 16.7. The molecule has 1 N–H and O–H groups in total. The molecule has 0 aliphatic carbocycles. The number of hydrogen-bond donors (Lipinski definition) is 1. The molecule has 0 bridgehead atoms. The Morgan fingerprint density at radius 3 is 2.60 bits per heavy atom. The lowest BCUT2D eigenvalue weighted by atomic mass is 10.1. The zero-order chi connectivity index (χ0) is 17.6. The quantitative estimate of drug-likeness (QED) is 0.837. The molecular weight excluding hydrogens is 322 g/mol. The molecule has 2 aromatic rings. The van der Waals surface area contributed by atoms with Crippen LogP contribution in [0.25, 0.3) is 0 Å². The molecule has 0 aromatic heterocycles. The largest absolute Gasteiger partial charge is 0.497 e. The van der Waals surface area contributed by atoms with Gasteiger partial charge in [0.15, 0.2) is 17.6 Å². The molecule has 1 aliphatic rings. The number of methoxy groups -OCH3 is 1. The maximum absolute atomic E-state index is 12.1. The highest BCUT2D eigenvalue weighted by molar-refractivity contribution is 5.80. The van der Waals surface area contributed by atoms with E-state index in [9.17, 15) is 4.79 Å². The maximum atomic E-state index is 12.1. The van der Waals surface area contributed by atoms with Crippen LogP contribution in [0.15, 0.2) is 42.5 Å². The van der Waals surface area contributed by atoms with Crippen molar-refractivity contribution in [1.82, 2.24) is 5.32 Å². The molecule has 2 aromatic carbocycles. The molecule has 1 heterocycles. The second kappa shape index (κ2) is 7.79. The monoisotopic (exact) mass is 343 g/mol. The van der Waals surface area contributed by atoms with E-state index in [1.54, 1.807) is 38.3 Å². The van der Waals surface area contributed by atoms with Crippen molar-refractivity contribution >= 4 is 5.91 Å². The van der Waals surface area contributed by atoms with Gasteiger partial charge in [0.05, 0.1) is 7.11 Å². The third kappa shape index (κ3) is 4.35. The van der Waals surface area contributed by atoms with E-state index in [0.717, 1.165) is 22.8 Å². The third-order valence-electron chi connectivity index (χ3n) is 3.89. The van der Waals surface area contributed by atoms with Crippen LogP contribution in [0.4, 0.5) is 0 Å². The van der Waals surface area contributed by atoms with Gasteiger partial charge in [-0.1, -0.05) is 6.07 Å². The van der Waals surface area contributed by atoms with E-state index < -0.39 is 6.10 Å². The van der Waals surface area contributed by atoms with Crippen LogP contribution in [0.1, 0.15) is 12.5 Å². The second-order valence-corrected chi connectivity index (χ2v) is 5.66. The standard InChI is InChI=1S/C19H21NO5/c1-13(25-16-6-4-15(22-2)5-7-16)19(21)20-10-9-14-3-8-17-18(11-14)24-12-23-17/h3-8,11,13H,9-10,12H2,1-2H3,(H,20,21). The molecule has 3 rings (SSSR count). The number of amides is 1. The molecule has 0 radical (unpaired) electrons. The van der Waals surface area contributed by atoms with Gasteiger partial charge >= 0.3 is 0 Å². The molecule has 0 saturated carbocycles. The lowest BCUT2D eigenvalue weighted by Gasteiger charge is -2.15. The number of rotatable bonds is 7. The van der Waals surface area contributed by atoms with E-state index in [1.165, 1.54) is 0 Å². The van der Waals surface area contributed by atoms with Crippen LogP contribution in [-0.4, -0.2) is 32.5 Å². The summed E-state index contributed by atoms with van der Waals surface area (Å²) < 4.78 is 21.4. The summed E-state index contributed by atoms with van der Waals surface area (Å²) in [5.41, 5.74) is 1.08. The number of benzene rings is 2. The average molecular weight is 343 g/mol. The molecule has 0 fully saturated rings. The summed E-state index contributed by atoms with van der Waals surface area (Å²) >= 11 is 0. The summed E-state index contributed by atoms with van der Waals surface area (Å²) in [7, 11) is 1.60. The molecule has 0 saturated heterocycles. The number of nitrogens with one attached hydrogen (secondary N) is 1. The Morgan fingerprint density at radius 1 is 1.12 bits per heavy atom. The molecule has 0 spiro atoms. The van der Waals surface area contributed by atoms with Crippen molar-refractivity contribution in [2.75, 3.05) is 20.4 Å². The average Bonchev–Trinajstić information content (AvgIpc) is 3.10. The molecule has 6 heteroatoms. The van der Waals surface area contributed by atoms with Crippen molar-refractivity contribution in [2.24, 2.45) is 0 Å². The van der Waals surface area contributed by atoms with Crippen LogP contribution < -0.4 is 24.3 Å². The Morgan fingerprint density at radius 2 is 1.84 bits per heavy atom. The highest BCUT2D eigenvalue weighted by Crippen LogP contribution is 2.32. The first kappa shape index (κ1) is 17.0. The van der Waals surface area contributed by atoms with Crippen molar-refractivity contribution in [3.63, 3.8) is 0 Å². The molecule has 1 amide bonds. The zero-order valence-corrected chi connectivity index (χ0v) is 14.3. The number of carbonyl (C=O) groups excluding carboxylic acids is 1. The van der Waals surface area contributed by atoms with Gasteiger partial charge in [0.1, 0.15) is 11.5 Å². The van der Waals surface area contributed by atoms with Crippen molar-refractivity contribution in [3.8, 4) is 23.0 Å². The summed E-state index contributed by atoms with van der Waals surface area (Å²) in [5, 5.41) is 2.88. The van der Waals surface area contributed by atoms with Crippen LogP contribution in [0.3, 0.4) is 0 Å². The van der Waals surface area contributed by atoms with Crippen molar-refractivity contribution < 1.29 is 23.7 Å². The molecule has 25 heavy (non-hydrogen) atoms. The summed E-state index contributed by atoms with van der Waals surface area (Å²) in [5.74, 6) is 2.72. The van der Waals surface area contributed by atoms with E-state index in [-0.39, 0.29) is 12.7 Å². The van der Waals surface area contributed by atoms with Gasteiger partial charge in [-0.3, -0.25) is 4.79 Å². The fourth-order valence-electron chi connectivity index (χ4n) is 2.48. The van der Waals surface area contributed by atoms with Crippen LogP contribution in [0.5, 0.6) is 23.0 Å². The van der Waals surface area contributed by atoms with Crippen molar-refractivity contribution in [1.29, 1.82) is 0 Å². The Bertz CT molecular complexity index is 729. The first-order valence-corrected chi connectivity index (χ1v) is 8.12. The molecule has 1 atom stereocenters. The van der Waals surface area contributed by atoms with Crippen molar-refractivity contribution in [3.05, 3.63) is 48.0 Å². The number of carbonyl (C=O) groups is 1. The van der Waals surface area contributed by atoms with Gasteiger partial charge in [-0.25, -0.2) is 0 Å². The minimum absolute atomic E-state index is 0.156. The fraction of sp³-hybridized carbons (Fsp3) is 0.316. The van der Waals surface area contributed by atoms with Gasteiger partial charge in [0, 0.05) is 6.54 Å². The zero-order valence-electron chi connectivity index (χ0n) is 14.3. The predicted octanol–water partition coefficient (Wildman–Crippen LogP) is 2.55. The van der Waals surface area contributed by atoms with E-state index in [1.807, 2.05) is 18.2 Å². The lowest BCUT2D eigenvalue weighted by molar-refractivity contribution is -0.127. The predicted molar refractivity (Wildman–Crippen MR) is 92.4 cm³/mol. The summed E-state index contributed by atoms with van der Waals surface area (Å²) in [6.07, 6.45) is 0.127. The Balaban J connectivity index is 1.45. The van der Waals surface area contributed by atoms with Gasteiger partial charge in [-0.05, 0) is 55.3 Å². The minimum Gasteiger partial charge on any atom is -0.497 e. The van der Waals surface area contributed by atoms with Gasteiger partial charge < -0.3 is 24.3 Å². The maximum Gasteiger partial charge on any atom is 0.260 e. The van der Waals surface area contributed by atoms with Gasteiger partial charge in [-0.2, -0.15) is 0 Å². The van der Waals surface area contributed by atoms with E-state index in [0.29, 0.717) is 18.7 Å². The normalized spacial score (nSPS) is 13.2. The molecule has 6 nitrogen and oxygen atoms in total. The lowest BCUT2D eigenvalue weighted by Crippen LogP contribution is -2.37. The minimum atomic E-state index is -0.579. The number of ether oxygens (including phenoxy) is 4. The van der Waals surface area contributed by atoms with Gasteiger partial charge in [0.2, 0.25) is 6.79 Å².